The maximum atomic E-state index is 16.8. The molecule has 4 aliphatic heterocycles. The Hall–Kier alpha value is -3.77. The van der Waals surface area contributed by atoms with Crippen molar-refractivity contribution in [1.29, 1.82) is 5.26 Å². The molecule has 1 saturated carbocycles. The van der Waals surface area contributed by atoms with Gasteiger partial charge >= 0.3 is 6.01 Å². The summed E-state index contributed by atoms with van der Waals surface area (Å²) in [7, 11) is 0. The van der Waals surface area contributed by atoms with E-state index < -0.39 is 17.5 Å². The zero-order valence-electron chi connectivity index (χ0n) is 26.3. The van der Waals surface area contributed by atoms with Crippen LogP contribution in [0.5, 0.6) is 6.01 Å². The first-order chi connectivity index (χ1) is 23.3. The van der Waals surface area contributed by atoms with Crippen LogP contribution in [0.2, 0.25) is 0 Å². The second-order valence-electron chi connectivity index (χ2n) is 14.2. The second kappa shape index (κ2) is 11.4. The number of piperidine rings is 1. The van der Waals surface area contributed by atoms with Crippen molar-refractivity contribution in [2.24, 2.45) is 5.41 Å². The highest BCUT2D eigenvalue weighted by molar-refractivity contribution is 7.23. The van der Waals surface area contributed by atoms with Crippen LogP contribution >= 0.6 is 11.3 Å². The van der Waals surface area contributed by atoms with Gasteiger partial charge in [0.25, 0.3) is 0 Å². The fourth-order valence-electron chi connectivity index (χ4n) is 8.32. The number of ether oxygens (including phenoxy) is 2. The van der Waals surface area contributed by atoms with E-state index in [-0.39, 0.29) is 48.9 Å². The van der Waals surface area contributed by atoms with Gasteiger partial charge in [0.15, 0.2) is 17.5 Å². The molecule has 0 radical (unpaired) electrons. The van der Waals surface area contributed by atoms with Crippen LogP contribution < -0.4 is 20.7 Å². The number of nitrogen functional groups attached to an aromatic ring is 1. The van der Waals surface area contributed by atoms with Crippen molar-refractivity contribution in [3.63, 3.8) is 0 Å². The molecule has 3 aromatic heterocycles. The monoisotopic (exact) mass is 676 g/mol. The highest BCUT2D eigenvalue weighted by atomic mass is 32.1. The molecule has 0 amide bonds. The van der Waals surface area contributed by atoms with E-state index in [1.807, 2.05) is 6.07 Å². The van der Waals surface area contributed by atoms with Crippen molar-refractivity contribution >= 4 is 43.1 Å². The minimum Gasteiger partial charge on any atom is -0.463 e. The van der Waals surface area contributed by atoms with E-state index in [2.05, 4.69) is 25.1 Å². The number of anilines is 2. The van der Waals surface area contributed by atoms with Gasteiger partial charge in [-0.15, -0.1) is 11.3 Å². The molecule has 9 rings (SSSR count). The molecule has 4 aromatic rings. The number of fused-ring (bicyclic) bond motifs is 6. The standard InChI is InChI=1S/C34H35F3N8O2S/c35-24-8-21(25-22(9-38)31(39)48-30(25)26(24)36)28-27(37)29-23(10-40-28)32(44-11-17-4-5-18(12-44)41-17)43-33(42-29)47-16-34(6-7-34)15-45-19-2-1-3-20(45)14-46-13-19/h8,10,17-20,41H,1-7,11-16,39H2. The molecule has 4 atom stereocenters. The summed E-state index contributed by atoms with van der Waals surface area (Å²) in [6.07, 6.45) is 9.16. The first kappa shape index (κ1) is 30.3. The SMILES string of the molecule is N#Cc1c(N)sc2c(F)c(F)cc(-c3ncc4c(N5CC6CCC(C5)N6)nc(OCC5(CN6C7CCCC6COC7)CC5)nc4c3F)c12. The number of morpholine rings is 1. The number of benzene rings is 1. The number of rotatable bonds is 7. The summed E-state index contributed by atoms with van der Waals surface area (Å²) in [5, 5.41) is 13.9. The molecule has 10 nitrogen and oxygen atoms in total. The van der Waals surface area contributed by atoms with Crippen molar-refractivity contribution in [1.82, 2.24) is 25.2 Å². The third-order valence-electron chi connectivity index (χ3n) is 11.0. The molecule has 4 bridgehead atoms. The lowest BCUT2D eigenvalue weighted by Crippen LogP contribution is -2.56. The zero-order valence-corrected chi connectivity index (χ0v) is 27.1. The minimum absolute atomic E-state index is 0.0165. The van der Waals surface area contributed by atoms with Gasteiger partial charge in [-0.05, 0) is 44.6 Å². The molecule has 1 aliphatic carbocycles. The number of pyridine rings is 1. The molecule has 3 N–H and O–H groups in total. The van der Waals surface area contributed by atoms with E-state index in [0.29, 0.717) is 55.1 Å². The minimum atomic E-state index is -1.19. The van der Waals surface area contributed by atoms with E-state index in [9.17, 15) is 14.0 Å². The summed E-state index contributed by atoms with van der Waals surface area (Å²) >= 11 is 0.746. The molecule has 5 fully saturated rings. The van der Waals surface area contributed by atoms with Gasteiger partial charge in [-0.2, -0.15) is 15.2 Å². The average molecular weight is 677 g/mol. The van der Waals surface area contributed by atoms with E-state index in [1.165, 1.54) is 12.6 Å². The van der Waals surface area contributed by atoms with Crippen molar-refractivity contribution < 1.29 is 22.6 Å². The van der Waals surface area contributed by atoms with Crippen LogP contribution in [0.4, 0.5) is 24.0 Å². The first-order valence-corrected chi connectivity index (χ1v) is 17.6. The zero-order chi connectivity index (χ0) is 32.7. The third-order valence-corrected chi connectivity index (χ3v) is 12.0. The fraction of sp³-hybridized carbons (Fsp3) is 0.529. The Bertz CT molecular complexity index is 1960. The van der Waals surface area contributed by atoms with Crippen LogP contribution in [0.25, 0.3) is 32.2 Å². The Balaban J connectivity index is 1.11. The molecule has 4 saturated heterocycles. The molecular weight excluding hydrogens is 641 g/mol. The van der Waals surface area contributed by atoms with Crippen LogP contribution in [-0.4, -0.2) is 83.5 Å². The largest absolute Gasteiger partial charge is 0.463 e. The Morgan fingerprint density at radius 1 is 1.08 bits per heavy atom. The van der Waals surface area contributed by atoms with Crippen LogP contribution in [0.3, 0.4) is 0 Å². The lowest BCUT2D eigenvalue weighted by molar-refractivity contribution is -0.0831. The molecule has 5 aliphatic rings. The number of halogens is 3. The number of thiophene rings is 1. The third kappa shape index (κ3) is 4.97. The van der Waals surface area contributed by atoms with E-state index in [1.54, 1.807) is 0 Å². The van der Waals surface area contributed by atoms with Gasteiger partial charge in [-0.1, -0.05) is 6.42 Å². The van der Waals surface area contributed by atoms with Gasteiger partial charge in [-0.3, -0.25) is 9.88 Å². The molecule has 14 heteroatoms. The van der Waals surface area contributed by atoms with Crippen molar-refractivity contribution in [3.05, 3.63) is 35.3 Å². The van der Waals surface area contributed by atoms with Crippen LogP contribution in [0, 0.1) is 34.2 Å². The average Bonchev–Trinajstić information content (AvgIpc) is 3.64. The molecule has 0 spiro atoms. The maximum Gasteiger partial charge on any atom is 0.319 e. The van der Waals surface area contributed by atoms with Crippen molar-refractivity contribution in [2.75, 3.05) is 50.1 Å². The van der Waals surface area contributed by atoms with E-state index in [0.717, 1.165) is 75.7 Å². The Morgan fingerprint density at radius 3 is 2.54 bits per heavy atom. The van der Waals surface area contributed by atoms with Gasteiger partial charge < -0.3 is 25.4 Å². The first-order valence-electron chi connectivity index (χ1n) is 16.7. The Morgan fingerprint density at radius 2 is 1.83 bits per heavy atom. The predicted molar refractivity (Wildman–Crippen MR) is 175 cm³/mol. The molecule has 7 heterocycles. The summed E-state index contributed by atoms with van der Waals surface area (Å²) in [5.74, 6) is -2.63. The topological polar surface area (TPSA) is 125 Å². The second-order valence-corrected chi connectivity index (χ2v) is 15.2. The van der Waals surface area contributed by atoms with Crippen LogP contribution in [0.15, 0.2) is 12.3 Å². The van der Waals surface area contributed by atoms with E-state index in [4.69, 9.17) is 20.2 Å². The number of nitrogens with one attached hydrogen (secondary N) is 1. The number of hydrogen-bond acceptors (Lipinski definition) is 11. The molecule has 250 valence electrons. The lowest BCUT2D eigenvalue weighted by Gasteiger charge is -2.47. The summed E-state index contributed by atoms with van der Waals surface area (Å²) in [6.45, 7) is 4.25. The summed E-state index contributed by atoms with van der Waals surface area (Å²) in [6, 6.07) is 4.36. The smallest absolute Gasteiger partial charge is 0.319 e. The van der Waals surface area contributed by atoms with Gasteiger partial charge in [0, 0.05) is 66.4 Å². The summed E-state index contributed by atoms with van der Waals surface area (Å²) in [4.78, 5) is 18.6. The quantitative estimate of drug-likeness (QED) is 0.272. The number of hydrogen-bond donors (Lipinski definition) is 2. The number of piperazine rings is 1. The molecule has 48 heavy (non-hydrogen) atoms. The van der Waals surface area contributed by atoms with Gasteiger partial charge in [0.05, 0.1) is 35.5 Å². The van der Waals surface area contributed by atoms with Gasteiger partial charge in [0.2, 0.25) is 0 Å². The van der Waals surface area contributed by atoms with E-state index >= 15 is 4.39 Å². The number of nitriles is 1. The Kier molecular flexibility index (Phi) is 7.20. The lowest BCUT2D eigenvalue weighted by atomic mass is 9.92. The molecule has 1 aromatic carbocycles. The molecular formula is C34H35F3N8O2S. The maximum absolute atomic E-state index is 16.8. The highest BCUT2D eigenvalue weighted by Gasteiger charge is 2.48. The summed E-state index contributed by atoms with van der Waals surface area (Å²) in [5.41, 5.74) is 5.58. The Labute approximate surface area is 279 Å². The van der Waals surface area contributed by atoms with Crippen molar-refractivity contribution in [3.8, 4) is 23.3 Å². The van der Waals surface area contributed by atoms with Gasteiger partial charge in [0.1, 0.15) is 28.1 Å². The number of nitrogens with two attached hydrogens (primary N) is 1. The number of aromatic nitrogens is 3. The highest BCUT2D eigenvalue weighted by Crippen LogP contribution is 2.49. The van der Waals surface area contributed by atoms with Crippen LogP contribution in [0.1, 0.15) is 50.5 Å². The number of nitrogens with zero attached hydrogens (tertiary/aromatic N) is 6. The molecule has 4 unspecified atom stereocenters. The fourth-order valence-corrected chi connectivity index (χ4v) is 9.29. The van der Waals surface area contributed by atoms with Gasteiger partial charge in [-0.25, -0.2) is 13.2 Å². The van der Waals surface area contributed by atoms with Crippen molar-refractivity contribution in [2.45, 2.75) is 69.1 Å². The normalized spacial score (nSPS) is 26.2. The van der Waals surface area contributed by atoms with Crippen LogP contribution in [-0.2, 0) is 4.74 Å². The summed E-state index contributed by atoms with van der Waals surface area (Å²) < 4.78 is 58.6. The predicted octanol–water partition coefficient (Wildman–Crippen LogP) is 5.13.